The van der Waals surface area contributed by atoms with Gasteiger partial charge in [-0.1, -0.05) is 31.2 Å². The lowest BCUT2D eigenvalue weighted by atomic mass is 9.74. The Kier molecular flexibility index (Phi) is 7.33. The number of fused-ring (bicyclic) bond motifs is 2. The summed E-state index contributed by atoms with van der Waals surface area (Å²) < 4.78 is 12.3. The molecule has 5 rings (SSSR count). The number of rotatable bonds is 7. The van der Waals surface area contributed by atoms with Gasteiger partial charge in [-0.25, -0.2) is 0 Å². The Morgan fingerprint density at radius 1 is 1.03 bits per heavy atom. The van der Waals surface area contributed by atoms with Gasteiger partial charge in [0.2, 0.25) is 5.91 Å². The average molecular weight is 538 g/mol. The number of ether oxygens (including phenoxy) is 2. The van der Waals surface area contributed by atoms with Crippen LogP contribution >= 0.6 is 0 Å². The van der Waals surface area contributed by atoms with E-state index in [1.807, 2.05) is 55.5 Å². The molecule has 4 aliphatic heterocycles. The molecular weight excluding hydrogens is 498 g/mol. The molecule has 1 spiro atoms. The predicted octanol–water partition coefficient (Wildman–Crippen LogP) is 2.68. The van der Waals surface area contributed by atoms with Crippen LogP contribution in [0.1, 0.15) is 40.5 Å². The summed E-state index contributed by atoms with van der Waals surface area (Å²) in [6, 6.07) is 6.20. The van der Waals surface area contributed by atoms with Crippen molar-refractivity contribution in [1.29, 1.82) is 0 Å². The third kappa shape index (κ3) is 4.17. The second-order valence-corrected chi connectivity index (χ2v) is 10.9. The third-order valence-corrected chi connectivity index (χ3v) is 8.82. The number of likely N-dealkylation sites (tertiary alicyclic amines) is 1. The van der Waals surface area contributed by atoms with E-state index >= 15 is 0 Å². The summed E-state index contributed by atoms with van der Waals surface area (Å²) in [5, 5.41) is 10.3. The molecule has 2 amide bonds. The zero-order chi connectivity index (χ0) is 27.9. The molecule has 2 fully saturated rings. The van der Waals surface area contributed by atoms with Crippen LogP contribution in [0.2, 0.25) is 0 Å². The van der Waals surface area contributed by atoms with Gasteiger partial charge >= 0.3 is 5.97 Å². The van der Waals surface area contributed by atoms with Crippen molar-refractivity contribution in [3.05, 3.63) is 48.6 Å². The van der Waals surface area contributed by atoms with Crippen molar-refractivity contribution in [2.45, 2.75) is 63.8 Å². The van der Waals surface area contributed by atoms with E-state index in [0.717, 1.165) is 18.8 Å². The highest BCUT2D eigenvalue weighted by atomic mass is 16.6. The van der Waals surface area contributed by atoms with Crippen LogP contribution in [0.25, 0.3) is 0 Å². The number of aliphatic hydroxyl groups is 1. The normalized spacial score (nSPS) is 32.6. The van der Waals surface area contributed by atoms with Crippen LogP contribution in [-0.4, -0.2) is 83.9 Å². The van der Waals surface area contributed by atoms with Crippen LogP contribution in [0.5, 0.6) is 0 Å². The molecule has 4 heterocycles. The van der Waals surface area contributed by atoms with E-state index in [0.29, 0.717) is 18.5 Å². The number of cyclic esters (lactones) is 1. The Morgan fingerprint density at radius 2 is 1.74 bits per heavy atom. The van der Waals surface area contributed by atoms with Gasteiger partial charge in [0.05, 0.1) is 30.8 Å². The van der Waals surface area contributed by atoms with Crippen molar-refractivity contribution in [2.75, 3.05) is 42.6 Å². The maximum absolute atomic E-state index is 14.5. The Morgan fingerprint density at radius 3 is 2.38 bits per heavy atom. The van der Waals surface area contributed by atoms with Gasteiger partial charge in [0, 0.05) is 31.0 Å². The first-order valence-electron chi connectivity index (χ1n) is 14.1. The Balaban J connectivity index is 1.61. The zero-order valence-electron chi connectivity index (χ0n) is 23.2. The molecule has 0 aromatic heterocycles. The molecule has 1 unspecified atom stereocenters. The Bertz CT molecular complexity index is 1170. The molecule has 1 aromatic carbocycles. The van der Waals surface area contributed by atoms with Crippen molar-refractivity contribution >= 4 is 29.2 Å². The van der Waals surface area contributed by atoms with E-state index in [1.165, 1.54) is 4.90 Å². The van der Waals surface area contributed by atoms with Crippen molar-refractivity contribution in [3.8, 4) is 0 Å². The average Bonchev–Trinajstić information content (AvgIpc) is 3.25. The zero-order valence-corrected chi connectivity index (χ0v) is 23.2. The number of benzene rings is 1. The number of anilines is 2. The van der Waals surface area contributed by atoms with Gasteiger partial charge in [0.25, 0.3) is 5.91 Å². The fourth-order valence-corrected chi connectivity index (χ4v) is 6.90. The van der Waals surface area contributed by atoms with Crippen molar-refractivity contribution < 1.29 is 29.0 Å². The number of amides is 2. The van der Waals surface area contributed by atoms with E-state index in [9.17, 15) is 19.5 Å². The predicted molar refractivity (Wildman–Crippen MR) is 147 cm³/mol. The molecular formula is C30H39N3O6. The van der Waals surface area contributed by atoms with Gasteiger partial charge in [-0.3, -0.25) is 14.4 Å². The minimum absolute atomic E-state index is 0.225. The van der Waals surface area contributed by atoms with Crippen LogP contribution in [-0.2, 0) is 23.9 Å². The van der Waals surface area contributed by atoms with Crippen LogP contribution in [0.15, 0.2) is 48.6 Å². The van der Waals surface area contributed by atoms with E-state index in [1.54, 1.807) is 11.8 Å². The fraction of sp³-hybridized carbons (Fsp3) is 0.567. The van der Waals surface area contributed by atoms with E-state index < -0.39 is 41.1 Å². The first-order valence-corrected chi connectivity index (χ1v) is 14.1. The molecule has 4 aliphatic rings. The first kappa shape index (κ1) is 27.4. The second-order valence-electron chi connectivity index (χ2n) is 10.9. The molecule has 1 N–H and O–H groups in total. The van der Waals surface area contributed by atoms with Crippen LogP contribution in [0.3, 0.4) is 0 Å². The molecule has 0 saturated carbocycles. The quantitative estimate of drug-likeness (QED) is 0.422. The second kappa shape index (κ2) is 10.4. The summed E-state index contributed by atoms with van der Waals surface area (Å²) in [6.07, 6.45) is 8.41. The fourth-order valence-electron chi connectivity index (χ4n) is 6.90. The molecule has 0 radical (unpaired) electrons. The smallest absolute Gasteiger partial charge is 0.313 e. The Labute approximate surface area is 230 Å². The first-order chi connectivity index (χ1) is 18.8. The topological polar surface area (TPSA) is 99.6 Å². The van der Waals surface area contributed by atoms with Gasteiger partial charge in [-0.05, 0) is 57.9 Å². The molecule has 39 heavy (non-hydrogen) atoms. The molecule has 210 valence electrons. The number of hydrogen-bond donors (Lipinski definition) is 1. The summed E-state index contributed by atoms with van der Waals surface area (Å²) in [5.74, 6) is -3.02. The van der Waals surface area contributed by atoms with Gasteiger partial charge in [0.1, 0.15) is 17.6 Å². The number of aliphatic hydroxyl groups excluding tert-OH is 1. The summed E-state index contributed by atoms with van der Waals surface area (Å²) in [6.45, 7) is 9.82. The van der Waals surface area contributed by atoms with Gasteiger partial charge in [0.15, 0.2) is 0 Å². The minimum Gasteiger partial charge on any atom is -0.465 e. The lowest BCUT2D eigenvalue weighted by molar-refractivity contribution is -0.160. The standard InChI is InChI=1S/C30H39N3O6/c1-5-20(19-34)33-25-27(36)32(22-13-11-21(12-14-22)31(6-2)7-3)17-10-16-30(25)23(26(33)35)24-28(37)38-18-9-8-15-29(24,4)39-30/h8,10-16,20,23-25,34H,5-7,9,17-19H2,1-4H3/t20-,23-,24-,25?,29+,30-/m0/s1. The SMILES string of the molecule is CC[C@@H](CO)N1C(=O)[C@@H]2[C@H]3C(=O)OCCC=C[C@@]3(C)O[C@@]23C=CCN(c2ccc(N(CC)CC)cc2)C(=O)C13. The summed E-state index contributed by atoms with van der Waals surface area (Å²) >= 11 is 0. The van der Waals surface area contributed by atoms with Crippen LogP contribution in [0.4, 0.5) is 11.4 Å². The van der Waals surface area contributed by atoms with E-state index in [-0.39, 0.29) is 31.6 Å². The molecule has 9 nitrogen and oxygen atoms in total. The van der Waals surface area contributed by atoms with E-state index in [4.69, 9.17) is 9.47 Å². The summed E-state index contributed by atoms with van der Waals surface area (Å²) in [5.41, 5.74) is -0.718. The molecule has 0 aliphatic carbocycles. The van der Waals surface area contributed by atoms with Gasteiger partial charge in [-0.2, -0.15) is 0 Å². The highest BCUT2D eigenvalue weighted by Crippen LogP contribution is 2.57. The minimum atomic E-state index is -1.38. The van der Waals surface area contributed by atoms with Crippen molar-refractivity contribution in [2.24, 2.45) is 11.8 Å². The molecule has 1 aromatic rings. The van der Waals surface area contributed by atoms with Gasteiger partial charge in [-0.15, -0.1) is 0 Å². The summed E-state index contributed by atoms with van der Waals surface area (Å²) in [7, 11) is 0. The monoisotopic (exact) mass is 537 g/mol. The molecule has 2 saturated heterocycles. The maximum Gasteiger partial charge on any atom is 0.313 e. The lowest BCUT2D eigenvalue weighted by Crippen LogP contribution is -2.58. The Hall–Kier alpha value is -3.17. The van der Waals surface area contributed by atoms with Crippen molar-refractivity contribution in [1.82, 2.24) is 4.90 Å². The molecule has 6 atom stereocenters. The number of nitrogens with zero attached hydrogens (tertiary/aromatic N) is 3. The number of hydrogen-bond acceptors (Lipinski definition) is 7. The lowest BCUT2D eigenvalue weighted by Gasteiger charge is -2.40. The van der Waals surface area contributed by atoms with Crippen molar-refractivity contribution in [3.63, 3.8) is 0 Å². The van der Waals surface area contributed by atoms with Crippen LogP contribution < -0.4 is 9.80 Å². The highest BCUT2D eigenvalue weighted by molar-refractivity contribution is 6.05. The number of esters is 1. The van der Waals surface area contributed by atoms with Gasteiger partial charge < -0.3 is 29.3 Å². The molecule has 0 bridgehead atoms. The number of carbonyl (C=O) groups is 3. The third-order valence-electron chi connectivity index (χ3n) is 8.82. The largest absolute Gasteiger partial charge is 0.465 e. The maximum atomic E-state index is 14.5. The summed E-state index contributed by atoms with van der Waals surface area (Å²) in [4.78, 5) is 47.4. The van der Waals surface area contributed by atoms with Crippen LogP contribution in [0, 0.1) is 11.8 Å². The molecule has 9 heteroatoms. The van der Waals surface area contributed by atoms with E-state index in [2.05, 4.69) is 18.7 Å². The highest BCUT2D eigenvalue weighted by Gasteiger charge is 2.75. The number of carbonyl (C=O) groups excluding carboxylic acids is 3.